The van der Waals surface area contributed by atoms with Crippen molar-refractivity contribution < 1.29 is 0 Å². The van der Waals surface area contributed by atoms with Crippen LogP contribution in [0.25, 0.3) is 11.3 Å². The smallest absolute Gasteiger partial charge is 0.131 e. The molecule has 2 N–H and O–H groups in total. The number of nitrogen functional groups attached to an aromatic ring is 1. The summed E-state index contributed by atoms with van der Waals surface area (Å²) >= 11 is 6.96. The van der Waals surface area contributed by atoms with Crippen LogP contribution in [-0.2, 0) is 7.05 Å². The first-order chi connectivity index (χ1) is 8.41. The van der Waals surface area contributed by atoms with Crippen LogP contribution in [0.4, 0.5) is 5.82 Å². The van der Waals surface area contributed by atoms with E-state index in [0.717, 1.165) is 26.0 Å². The van der Waals surface area contributed by atoms with Gasteiger partial charge in [0.15, 0.2) is 0 Å². The maximum Gasteiger partial charge on any atom is 0.131 e. The number of nitrogens with two attached hydrogens (primary N) is 1. The Morgan fingerprint density at radius 2 is 1.89 bits per heavy atom. The van der Waals surface area contributed by atoms with E-state index in [0.29, 0.717) is 11.7 Å². The molecule has 2 aromatic rings. The average Bonchev–Trinajstić information content (AvgIpc) is 2.60. The average molecular weight is 373 g/mol. The number of aromatic nitrogens is 2. The Kier molecular flexibility index (Phi) is 3.82. The normalized spacial score (nSPS) is 11.2. The molecule has 0 radical (unpaired) electrons. The van der Waals surface area contributed by atoms with Crippen LogP contribution in [0.15, 0.2) is 27.1 Å². The van der Waals surface area contributed by atoms with Gasteiger partial charge in [0.25, 0.3) is 0 Å². The highest BCUT2D eigenvalue weighted by molar-refractivity contribution is 9.13. The molecular weight excluding hydrogens is 358 g/mol. The Balaban J connectivity index is 2.57. The maximum atomic E-state index is 6.13. The topological polar surface area (TPSA) is 43.8 Å². The zero-order valence-corrected chi connectivity index (χ0v) is 13.7. The zero-order valence-electron chi connectivity index (χ0n) is 10.5. The maximum absolute atomic E-state index is 6.13. The van der Waals surface area contributed by atoms with Crippen molar-refractivity contribution in [2.75, 3.05) is 5.73 Å². The van der Waals surface area contributed by atoms with Crippen molar-refractivity contribution in [3.05, 3.63) is 33.0 Å². The predicted octanol–water partition coefficient (Wildman–Crippen LogP) is 4.32. The van der Waals surface area contributed by atoms with Crippen LogP contribution in [0.5, 0.6) is 0 Å². The molecule has 2 rings (SSSR count). The van der Waals surface area contributed by atoms with E-state index in [9.17, 15) is 0 Å². The van der Waals surface area contributed by atoms with E-state index in [1.807, 2.05) is 29.8 Å². The van der Waals surface area contributed by atoms with Gasteiger partial charge in [-0.1, -0.05) is 19.9 Å². The predicted molar refractivity (Wildman–Crippen MR) is 82.5 cm³/mol. The van der Waals surface area contributed by atoms with Gasteiger partial charge in [-0.05, 0) is 44.0 Å². The summed E-state index contributed by atoms with van der Waals surface area (Å²) < 4.78 is 3.97. The molecule has 0 aliphatic heterocycles. The van der Waals surface area contributed by atoms with Crippen molar-refractivity contribution in [2.45, 2.75) is 19.8 Å². The van der Waals surface area contributed by atoms with Gasteiger partial charge in [0.1, 0.15) is 17.3 Å². The van der Waals surface area contributed by atoms with Crippen LogP contribution in [0.1, 0.15) is 25.6 Å². The quantitative estimate of drug-likeness (QED) is 0.853. The van der Waals surface area contributed by atoms with Crippen molar-refractivity contribution in [3.8, 4) is 11.3 Å². The number of hydrogen-bond acceptors (Lipinski definition) is 2. The standard InChI is InChI=1S/C13H15Br2N3/c1-7(2)13-17-11(12(16)18(13)3)8-4-5-9(14)10(15)6-8/h4-7H,16H2,1-3H3. The fourth-order valence-corrected chi connectivity index (χ4v) is 2.53. The molecule has 3 nitrogen and oxygen atoms in total. The molecule has 0 amide bonds. The summed E-state index contributed by atoms with van der Waals surface area (Å²) in [5.74, 6) is 2.06. The van der Waals surface area contributed by atoms with E-state index in [1.165, 1.54) is 0 Å². The Hall–Kier alpha value is -0.810. The zero-order chi connectivity index (χ0) is 13.4. The molecule has 0 spiro atoms. The van der Waals surface area contributed by atoms with Crippen molar-refractivity contribution >= 4 is 37.7 Å². The Bertz CT molecular complexity index is 588. The molecule has 0 fully saturated rings. The van der Waals surface area contributed by atoms with Gasteiger partial charge in [0.2, 0.25) is 0 Å². The van der Waals surface area contributed by atoms with Crippen molar-refractivity contribution in [3.63, 3.8) is 0 Å². The minimum absolute atomic E-state index is 0.352. The number of nitrogens with zero attached hydrogens (tertiary/aromatic N) is 2. The molecule has 0 unspecified atom stereocenters. The van der Waals surface area contributed by atoms with E-state index in [2.05, 4.69) is 50.7 Å². The van der Waals surface area contributed by atoms with Crippen LogP contribution in [0.2, 0.25) is 0 Å². The molecule has 1 heterocycles. The van der Waals surface area contributed by atoms with Crippen LogP contribution < -0.4 is 5.73 Å². The number of imidazole rings is 1. The Labute approximate surface area is 124 Å². The van der Waals surface area contributed by atoms with Crippen LogP contribution in [0, 0.1) is 0 Å². The van der Waals surface area contributed by atoms with Crippen molar-refractivity contribution in [2.24, 2.45) is 7.05 Å². The number of rotatable bonds is 2. The first kappa shape index (κ1) is 13.6. The van der Waals surface area contributed by atoms with Crippen molar-refractivity contribution in [1.82, 2.24) is 9.55 Å². The van der Waals surface area contributed by atoms with Crippen LogP contribution in [-0.4, -0.2) is 9.55 Å². The third kappa shape index (κ3) is 2.34. The van der Waals surface area contributed by atoms with Crippen LogP contribution >= 0.6 is 31.9 Å². The van der Waals surface area contributed by atoms with Gasteiger partial charge in [-0.2, -0.15) is 0 Å². The van der Waals surface area contributed by atoms with Gasteiger partial charge in [0, 0.05) is 27.5 Å². The van der Waals surface area contributed by atoms with E-state index in [-0.39, 0.29) is 0 Å². The molecule has 96 valence electrons. The number of benzene rings is 1. The van der Waals surface area contributed by atoms with Gasteiger partial charge < -0.3 is 10.3 Å². The van der Waals surface area contributed by atoms with E-state index < -0.39 is 0 Å². The lowest BCUT2D eigenvalue weighted by molar-refractivity contribution is 0.715. The summed E-state index contributed by atoms with van der Waals surface area (Å²) in [7, 11) is 1.95. The molecule has 0 atom stereocenters. The second-order valence-corrected chi connectivity index (χ2v) is 6.26. The number of halogens is 2. The minimum atomic E-state index is 0.352. The number of anilines is 1. The molecule has 18 heavy (non-hydrogen) atoms. The van der Waals surface area contributed by atoms with E-state index in [1.54, 1.807) is 0 Å². The van der Waals surface area contributed by atoms with Gasteiger partial charge in [-0.3, -0.25) is 0 Å². The third-order valence-corrected chi connectivity index (χ3v) is 4.76. The van der Waals surface area contributed by atoms with Gasteiger partial charge in [-0.25, -0.2) is 4.98 Å². The minimum Gasteiger partial charge on any atom is -0.383 e. The Morgan fingerprint density at radius 1 is 1.22 bits per heavy atom. The van der Waals surface area contributed by atoms with Crippen molar-refractivity contribution in [1.29, 1.82) is 0 Å². The molecule has 0 bridgehead atoms. The molecule has 0 aliphatic rings. The summed E-state index contributed by atoms with van der Waals surface area (Å²) in [6, 6.07) is 6.02. The van der Waals surface area contributed by atoms with E-state index >= 15 is 0 Å². The van der Waals surface area contributed by atoms with Gasteiger partial charge in [-0.15, -0.1) is 0 Å². The second kappa shape index (κ2) is 5.05. The summed E-state index contributed by atoms with van der Waals surface area (Å²) in [5, 5.41) is 0. The summed E-state index contributed by atoms with van der Waals surface area (Å²) in [4.78, 5) is 4.65. The highest BCUT2D eigenvalue weighted by Crippen LogP contribution is 2.32. The lowest BCUT2D eigenvalue weighted by Gasteiger charge is -2.04. The molecule has 1 aromatic carbocycles. The lowest BCUT2D eigenvalue weighted by atomic mass is 10.1. The van der Waals surface area contributed by atoms with Gasteiger partial charge >= 0.3 is 0 Å². The molecule has 1 aromatic heterocycles. The molecule has 0 aliphatic carbocycles. The summed E-state index contributed by atoms with van der Waals surface area (Å²) in [5.41, 5.74) is 8.00. The van der Waals surface area contributed by atoms with Crippen LogP contribution in [0.3, 0.4) is 0 Å². The van der Waals surface area contributed by atoms with E-state index in [4.69, 9.17) is 5.73 Å². The largest absolute Gasteiger partial charge is 0.383 e. The molecule has 0 saturated carbocycles. The highest BCUT2D eigenvalue weighted by atomic mass is 79.9. The first-order valence-electron chi connectivity index (χ1n) is 5.69. The Morgan fingerprint density at radius 3 is 2.39 bits per heavy atom. The summed E-state index contributed by atoms with van der Waals surface area (Å²) in [6.07, 6.45) is 0. The fourth-order valence-electron chi connectivity index (χ4n) is 1.90. The molecular formula is C13H15Br2N3. The third-order valence-electron chi connectivity index (χ3n) is 2.88. The summed E-state index contributed by atoms with van der Waals surface area (Å²) in [6.45, 7) is 4.23. The fraction of sp³-hybridized carbons (Fsp3) is 0.308. The van der Waals surface area contributed by atoms with Gasteiger partial charge in [0.05, 0.1) is 0 Å². The number of hydrogen-bond donors (Lipinski definition) is 1. The second-order valence-electron chi connectivity index (χ2n) is 4.55. The SMILES string of the molecule is CC(C)c1nc(-c2ccc(Br)c(Br)c2)c(N)n1C. The lowest BCUT2D eigenvalue weighted by Crippen LogP contribution is -2.02. The monoisotopic (exact) mass is 371 g/mol. The molecule has 5 heteroatoms. The highest BCUT2D eigenvalue weighted by Gasteiger charge is 2.16. The molecule has 0 saturated heterocycles. The first-order valence-corrected chi connectivity index (χ1v) is 7.28.